The molecule has 1 saturated carbocycles. The number of nitrogens with zero attached hydrogens (tertiary/aromatic N) is 1. The van der Waals surface area contributed by atoms with Crippen molar-refractivity contribution in [2.24, 2.45) is 5.92 Å². The van der Waals surface area contributed by atoms with Gasteiger partial charge in [-0.25, -0.2) is 0 Å². The normalized spacial score (nSPS) is 15.9. The lowest BCUT2D eigenvalue weighted by atomic mass is 10.1. The van der Waals surface area contributed by atoms with E-state index in [0.717, 1.165) is 12.8 Å². The van der Waals surface area contributed by atoms with E-state index in [9.17, 15) is 10.1 Å². The third-order valence-electron chi connectivity index (χ3n) is 3.28. The van der Waals surface area contributed by atoms with Gasteiger partial charge in [-0.05, 0) is 30.9 Å². The number of anilines is 1. The summed E-state index contributed by atoms with van der Waals surface area (Å²) in [4.78, 5) is 10.7. The number of hydrogen-bond acceptors (Lipinski definition) is 5. The van der Waals surface area contributed by atoms with Crippen LogP contribution in [0.5, 0.6) is 5.75 Å². The number of nitro groups is 1. The second kappa shape index (κ2) is 5.88. The summed E-state index contributed by atoms with van der Waals surface area (Å²) in [6, 6.07) is 4.95. The van der Waals surface area contributed by atoms with E-state index in [1.807, 2.05) is 0 Å². The van der Waals surface area contributed by atoms with Gasteiger partial charge in [-0.2, -0.15) is 0 Å². The molecule has 0 bridgehead atoms. The minimum Gasteiger partial charge on any atom is -0.496 e. The zero-order valence-electron chi connectivity index (χ0n) is 11.1. The van der Waals surface area contributed by atoms with Crippen LogP contribution in [0.4, 0.5) is 11.4 Å². The van der Waals surface area contributed by atoms with Crippen molar-refractivity contribution in [1.82, 2.24) is 0 Å². The molecule has 1 aliphatic rings. The summed E-state index contributed by atoms with van der Waals surface area (Å²) in [7, 11) is 3.13. The van der Waals surface area contributed by atoms with E-state index in [4.69, 9.17) is 9.47 Å². The standard InChI is InChI=1S/C13H18N2O4/c1-18-8-12(9-3-4-9)14-11-6-5-10(19-2)7-13(11)15(16)17/h5-7,9,12,14H,3-4,8H2,1-2H3. The van der Waals surface area contributed by atoms with Crippen LogP contribution in [0, 0.1) is 16.0 Å². The van der Waals surface area contributed by atoms with Gasteiger partial charge < -0.3 is 14.8 Å². The summed E-state index contributed by atoms with van der Waals surface area (Å²) in [5.74, 6) is 1.02. The molecule has 0 spiro atoms. The van der Waals surface area contributed by atoms with Crippen molar-refractivity contribution in [3.63, 3.8) is 0 Å². The van der Waals surface area contributed by atoms with Crippen molar-refractivity contribution < 1.29 is 14.4 Å². The molecule has 0 saturated heterocycles. The van der Waals surface area contributed by atoms with Gasteiger partial charge >= 0.3 is 0 Å². The second-order valence-electron chi connectivity index (χ2n) is 4.68. The molecule has 1 fully saturated rings. The van der Waals surface area contributed by atoms with Crippen LogP contribution >= 0.6 is 0 Å². The highest BCUT2D eigenvalue weighted by Crippen LogP contribution is 2.36. The number of hydrogen-bond donors (Lipinski definition) is 1. The fraction of sp³-hybridized carbons (Fsp3) is 0.538. The molecule has 1 aromatic carbocycles. The number of nitro benzene ring substituents is 1. The Morgan fingerprint density at radius 2 is 2.21 bits per heavy atom. The van der Waals surface area contributed by atoms with Gasteiger partial charge in [0.1, 0.15) is 11.4 Å². The molecule has 19 heavy (non-hydrogen) atoms. The second-order valence-corrected chi connectivity index (χ2v) is 4.68. The summed E-state index contributed by atoms with van der Waals surface area (Å²) < 4.78 is 10.2. The summed E-state index contributed by atoms with van der Waals surface area (Å²) in [5, 5.41) is 14.3. The number of ether oxygens (including phenoxy) is 2. The molecule has 2 rings (SSSR count). The van der Waals surface area contributed by atoms with Crippen LogP contribution in [-0.4, -0.2) is 31.8 Å². The van der Waals surface area contributed by atoms with E-state index in [0.29, 0.717) is 24.0 Å². The van der Waals surface area contributed by atoms with Gasteiger partial charge in [0.05, 0.1) is 30.7 Å². The van der Waals surface area contributed by atoms with Crippen molar-refractivity contribution in [3.05, 3.63) is 28.3 Å². The lowest BCUT2D eigenvalue weighted by Gasteiger charge is -2.18. The minimum atomic E-state index is -0.401. The molecule has 1 N–H and O–H groups in total. The van der Waals surface area contributed by atoms with Crippen molar-refractivity contribution in [2.75, 3.05) is 26.1 Å². The van der Waals surface area contributed by atoms with Crippen molar-refractivity contribution in [2.45, 2.75) is 18.9 Å². The van der Waals surface area contributed by atoms with Gasteiger partial charge in [0, 0.05) is 7.11 Å². The highest BCUT2D eigenvalue weighted by molar-refractivity contribution is 5.64. The first kappa shape index (κ1) is 13.6. The molecule has 1 atom stereocenters. The quantitative estimate of drug-likeness (QED) is 0.606. The molecule has 0 aromatic heterocycles. The van der Waals surface area contributed by atoms with Crippen LogP contribution in [-0.2, 0) is 4.74 Å². The van der Waals surface area contributed by atoms with Crippen molar-refractivity contribution in [1.29, 1.82) is 0 Å². The summed E-state index contributed by atoms with van der Waals surface area (Å²) in [6.07, 6.45) is 2.29. The van der Waals surface area contributed by atoms with Crippen LogP contribution in [0.2, 0.25) is 0 Å². The fourth-order valence-corrected chi connectivity index (χ4v) is 2.09. The van der Waals surface area contributed by atoms with Crippen LogP contribution < -0.4 is 10.1 Å². The van der Waals surface area contributed by atoms with Crippen LogP contribution in [0.25, 0.3) is 0 Å². The zero-order valence-corrected chi connectivity index (χ0v) is 11.1. The third-order valence-corrected chi connectivity index (χ3v) is 3.28. The number of rotatable bonds is 7. The zero-order chi connectivity index (χ0) is 13.8. The van der Waals surface area contributed by atoms with Gasteiger partial charge in [-0.3, -0.25) is 10.1 Å². The lowest BCUT2D eigenvalue weighted by molar-refractivity contribution is -0.384. The Kier molecular flexibility index (Phi) is 4.21. The number of methoxy groups -OCH3 is 2. The van der Waals surface area contributed by atoms with E-state index in [-0.39, 0.29) is 11.7 Å². The highest BCUT2D eigenvalue weighted by Gasteiger charge is 2.32. The maximum atomic E-state index is 11.1. The van der Waals surface area contributed by atoms with Gasteiger partial charge in [0.25, 0.3) is 5.69 Å². The predicted molar refractivity (Wildman–Crippen MR) is 71.7 cm³/mol. The predicted octanol–water partition coefficient (Wildman–Crippen LogP) is 2.44. The Hall–Kier alpha value is -1.82. The molecular formula is C13H18N2O4. The number of nitrogens with one attached hydrogen (secondary N) is 1. The SMILES string of the molecule is COCC(Nc1ccc(OC)cc1[N+](=O)[O-])C1CC1. The topological polar surface area (TPSA) is 73.6 Å². The molecule has 0 heterocycles. The molecule has 1 aromatic rings. The molecule has 0 radical (unpaired) electrons. The molecule has 6 nitrogen and oxygen atoms in total. The fourth-order valence-electron chi connectivity index (χ4n) is 2.09. The van der Waals surface area contributed by atoms with E-state index in [1.54, 1.807) is 19.2 Å². The summed E-state index contributed by atoms with van der Waals surface area (Å²) >= 11 is 0. The van der Waals surface area contributed by atoms with Crippen LogP contribution in [0.3, 0.4) is 0 Å². The largest absolute Gasteiger partial charge is 0.496 e. The Morgan fingerprint density at radius 3 is 2.74 bits per heavy atom. The first-order chi connectivity index (χ1) is 9.15. The van der Waals surface area contributed by atoms with Gasteiger partial charge in [-0.1, -0.05) is 0 Å². The van der Waals surface area contributed by atoms with Crippen LogP contribution in [0.1, 0.15) is 12.8 Å². The highest BCUT2D eigenvalue weighted by atomic mass is 16.6. The maximum absolute atomic E-state index is 11.1. The van der Waals surface area contributed by atoms with Crippen molar-refractivity contribution in [3.8, 4) is 5.75 Å². The molecule has 0 aliphatic heterocycles. The lowest BCUT2D eigenvalue weighted by Crippen LogP contribution is -2.27. The average Bonchev–Trinajstić information content (AvgIpc) is 3.22. The molecule has 1 unspecified atom stereocenters. The third kappa shape index (κ3) is 3.35. The van der Waals surface area contributed by atoms with Crippen molar-refractivity contribution >= 4 is 11.4 Å². The van der Waals surface area contributed by atoms with Crippen LogP contribution in [0.15, 0.2) is 18.2 Å². The smallest absolute Gasteiger partial charge is 0.296 e. The van der Waals surface area contributed by atoms with Gasteiger partial charge in [0.15, 0.2) is 0 Å². The summed E-state index contributed by atoms with van der Waals surface area (Å²) in [6.45, 7) is 0.549. The minimum absolute atomic E-state index is 0.0288. The Balaban J connectivity index is 2.20. The van der Waals surface area contributed by atoms with E-state index < -0.39 is 4.92 Å². The first-order valence-electron chi connectivity index (χ1n) is 6.23. The molecule has 6 heteroatoms. The monoisotopic (exact) mass is 266 g/mol. The Bertz CT molecular complexity index is 460. The van der Waals surface area contributed by atoms with E-state index in [1.165, 1.54) is 13.2 Å². The average molecular weight is 266 g/mol. The van der Waals surface area contributed by atoms with E-state index in [2.05, 4.69) is 5.32 Å². The van der Waals surface area contributed by atoms with Gasteiger partial charge in [-0.15, -0.1) is 0 Å². The van der Waals surface area contributed by atoms with Gasteiger partial charge in [0.2, 0.25) is 0 Å². The first-order valence-corrected chi connectivity index (χ1v) is 6.23. The summed E-state index contributed by atoms with van der Waals surface area (Å²) in [5.41, 5.74) is 0.542. The van der Waals surface area contributed by atoms with E-state index >= 15 is 0 Å². The Morgan fingerprint density at radius 1 is 1.47 bits per heavy atom. The molecule has 0 amide bonds. The number of benzene rings is 1. The molecular weight excluding hydrogens is 248 g/mol. The molecule has 1 aliphatic carbocycles. The molecule has 104 valence electrons. The Labute approximate surface area is 111 Å². The maximum Gasteiger partial charge on any atom is 0.296 e.